The van der Waals surface area contributed by atoms with Gasteiger partial charge >= 0.3 is 0 Å². The van der Waals surface area contributed by atoms with Gasteiger partial charge in [-0.3, -0.25) is 9.59 Å². The van der Waals surface area contributed by atoms with Crippen molar-refractivity contribution in [2.45, 2.75) is 31.7 Å². The van der Waals surface area contributed by atoms with E-state index in [0.717, 1.165) is 29.7 Å². The number of aromatic nitrogens is 2. The lowest BCUT2D eigenvalue weighted by Crippen LogP contribution is -2.15. The second kappa shape index (κ2) is 7.65. The van der Waals surface area contributed by atoms with E-state index < -0.39 is 0 Å². The Morgan fingerprint density at radius 3 is 2.60 bits per heavy atom. The second-order valence-electron chi connectivity index (χ2n) is 6.18. The summed E-state index contributed by atoms with van der Waals surface area (Å²) in [5, 5.41) is 14.3. The van der Waals surface area contributed by atoms with Crippen LogP contribution in [0.15, 0.2) is 35.4 Å². The number of rotatable bonds is 6. The summed E-state index contributed by atoms with van der Waals surface area (Å²) in [7, 11) is 0. The van der Waals surface area contributed by atoms with Gasteiger partial charge in [-0.2, -0.15) is 0 Å². The second-order valence-corrected chi connectivity index (χ2v) is 7.17. The number of thioether (sulfide) groups is 1. The lowest BCUT2D eigenvalue weighted by molar-refractivity contribution is -0.117. The van der Waals surface area contributed by atoms with Gasteiger partial charge in [-0.15, -0.1) is 10.2 Å². The third-order valence-electron chi connectivity index (χ3n) is 3.86. The molecular formula is C18H20N4O2S. The predicted molar refractivity (Wildman–Crippen MR) is 98.7 cm³/mol. The molecule has 1 saturated carbocycles. The zero-order valence-corrected chi connectivity index (χ0v) is 15.0. The van der Waals surface area contributed by atoms with Crippen LogP contribution in [-0.4, -0.2) is 27.8 Å². The summed E-state index contributed by atoms with van der Waals surface area (Å²) < 4.78 is 0. The molecule has 0 radical (unpaired) electrons. The normalized spacial score (nSPS) is 13.4. The Kier molecular flexibility index (Phi) is 5.33. The Morgan fingerprint density at radius 1 is 1.12 bits per heavy atom. The van der Waals surface area contributed by atoms with E-state index in [-0.39, 0.29) is 23.5 Å². The van der Waals surface area contributed by atoms with Gasteiger partial charge in [0.25, 0.3) is 0 Å². The average Bonchev–Trinajstić information content (AvgIpc) is 3.43. The van der Waals surface area contributed by atoms with E-state index in [1.165, 1.54) is 11.8 Å². The molecule has 1 heterocycles. The molecular weight excluding hydrogens is 336 g/mol. The number of carbonyl (C=O) groups excluding carboxylic acids is 2. The van der Waals surface area contributed by atoms with Crippen LogP contribution in [0.4, 0.5) is 11.5 Å². The van der Waals surface area contributed by atoms with E-state index in [1.54, 1.807) is 12.1 Å². The number of nitrogens with zero attached hydrogens (tertiary/aromatic N) is 2. The fourth-order valence-electron chi connectivity index (χ4n) is 2.23. The summed E-state index contributed by atoms with van der Waals surface area (Å²) in [5.41, 5.74) is 2.96. The van der Waals surface area contributed by atoms with Crippen LogP contribution in [0.3, 0.4) is 0 Å². The molecule has 1 aromatic heterocycles. The maximum atomic E-state index is 12.1. The Bertz CT molecular complexity index is 788. The van der Waals surface area contributed by atoms with Gasteiger partial charge in [0.05, 0.1) is 5.75 Å². The summed E-state index contributed by atoms with van der Waals surface area (Å²) in [5.74, 6) is 0.732. The number of nitrogens with one attached hydrogen (secondary N) is 2. The minimum absolute atomic E-state index is 0.00241. The van der Waals surface area contributed by atoms with Crippen molar-refractivity contribution < 1.29 is 9.59 Å². The Hall–Kier alpha value is -2.41. The Morgan fingerprint density at radius 2 is 1.92 bits per heavy atom. The molecule has 0 bridgehead atoms. The molecule has 3 rings (SSSR count). The summed E-state index contributed by atoms with van der Waals surface area (Å²) in [4.78, 5) is 23.8. The van der Waals surface area contributed by atoms with Gasteiger partial charge in [0, 0.05) is 11.6 Å². The number of benzene rings is 1. The largest absolute Gasteiger partial charge is 0.325 e. The summed E-state index contributed by atoms with van der Waals surface area (Å²) in [6, 6.07) is 9.41. The highest BCUT2D eigenvalue weighted by atomic mass is 32.2. The van der Waals surface area contributed by atoms with Gasteiger partial charge in [-0.05, 0) is 56.0 Å². The molecule has 0 atom stereocenters. The first-order valence-corrected chi connectivity index (χ1v) is 9.14. The van der Waals surface area contributed by atoms with Gasteiger partial charge in [0.1, 0.15) is 5.03 Å². The smallest absolute Gasteiger partial charge is 0.234 e. The highest BCUT2D eigenvalue weighted by Gasteiger charge is 2.29. The maximum Gasteiger partial charge on any atom is 0.234 e. The van der Waals surface area contributed by atoms with Crippen molar-refractivity contribution >= 4 is 35.1 Å². The van der Waals surface area contributed by atoms with Crippen LogP contribution < -0.4 is 10.6 Å². The van der Waals surface area contributed by atoms with E-state index in [2.05, 4.69) is 20.8 Å². The maximum absolute atomic E-state index is 12.1. The molecule has 0 saturated heterocycles. The van der Waals surface area contributed by atoms with Crippen LogP contribution in [0.2, 0.25) is 0 Å². The lowest BCUT2D eigenvalue weighted by Gasteiger charge is -2.09. The molecule has 130 valence electrons. The van der Waals surface area contributed by atoms with Gasteiger partial charge in [0.2, 0.25) is 11.8 Å². The molecule has 2 amide bonds. The molecule has 6 nitrogen and oxygen atoms in total. The van der Waals surface area contributed by atoms with E-state index in [4.69, 9.17) is 0 Å². The summed E-state index contributed by atoms with van der Waals surface area (Å²) in [6.45, 7) is 3.95. The lowest BCUT2D eigenvalue weighted by atomic mass is 10.1. The van der Waals surface area contributed by atoms with E-state index in [0.29, 0.717) is 10.8 Å². The number of aryl methyl sites for hydroxylation is 2. The standard InChI is InChI=1S/C18H20N4O2S/c1-11-3-4-12(2)14(9-11)19-16(23)10-25-17-8-7-15(21-22-17)20-18(24)13-5-6-13/h3-4,7-9,13H,5-6,10H2,1-2H3,(H,19,23)(H,20,21,24). The van der Waals surface area contributed by atoms with Crippen molar-refractivity contribution in [1.29, 1.82) is 0 Å². The SMILES string of the molecule is Cc1ccc(C)c(NC(=O)CSc2ccc(NC(=O)C3CC3)nn2)c1. The molecule has 1 aromatic carbocycles. The van der Waals surface area contributed by atoms with Crippen LogP contribution in [0.1, 0.15) is 24.0 Å². The molecule has 1 aliphatic rings. The highest BCUT2D eigenvalue weighted by Crippen LogP contribution is 2.30. The van der Waals surface area contributed by atoms with E-state index in [1.807, 2.05) is 32.0 Å². The van der Waals surface area contributed by atoms with Crippen molar-refractivity contribution in [1.82, 2.24) is 10.2 Å². The topological polar surface area (TPSA) is 84.0 Å². The van der Waals surface area contributed by atoms with Crippen LogP contribution in [0.25, 0.3) is 0 Å². The van der Waals surface area contributed by atoms with Gasteiger partial charge in [-0.25, -0.2) is 0 Å². The van der Waals surface area contributed by atoms with Crippen molar-refractivity contribution in [3.05, 3.63) is 41.5 Å². The Labute approximate surface area is 150 Å². The number of anilines is 2. The van der Waals surface area contributed by atoms with Crippen LogP contribution in [0, 0.1) is 19.8 Å². The number of carbonyl (C=O) groups is 2. The van der Waals surface area contributed by atoms with E-state index >= 15 is 0 Å². The summed E-state index contributed by atoms with van der Waals surface area (Å²) >= 11 is 1.31. The van der Waals surface area contributed by atoms with E-state index in [9.17, 15) is 9.59 Å². The van der Waals surface area contributed by atoms with Crippen molar-refractivity contribution in [3.8, 4) is 0 Å². The molecule has 2 aromatic rings. The molecule has 0 spiro atoms. The van der Waals surface area contributed by atoms with Crippen LogP contribution in [-0.2, 0) is 9.59 Å². The van der Waals surface area contributed by atoms with Gasteiger partial charge in [-0.1, -0.05) is 23.9 Å². The van der Waals surface area contributed by atoms with Gasteiger partial charge in [0.15, 0.2) is 5.82 Å². The van der Waals surface area contributed by atoms with Crippen molar-refractivity contribution in [2.24, 2.45) is 5.92 Å². The average molecular weight is 356 g/mol. The third-order valence-corrected chi connectivity index (χ3v) is 4.78. The molecule has 1 fully saturated rings. The number of hydrogen-bond acceptors (Lipinski definition) is 5. The molecule has 2 N–H and O–H groups in total. The van der Waals surface area contributed by atoms with Gasteiger partial charge < -0.3 is 10.6 Å². The fourth-order valence-corrected chi connectivity index (χ4v) is 2.85. The first kappa shape index (κ1) is 17.4. The van der Waals surface area contributed by atoms with Crippen LogP contribution in [0.5, 0.6) is 0 Å². The monoisotopic (exact) mass is 356 g/mol. The molecule has 25 heavy (non-hydrogen) atoms. The molecule has 0 aliphatic heterocycles. The zero-order chi connectivity index (χ0) is 17.8. The van der Waals surface area contributed by atoms with Crippen molar-refractivity contribution in [2.75, 3.05) is 16.4 Å². The summed E-state index contributed by atoms with van der Waals surface area (Å²) in [6.07, 6.45) is 1.89. The van der Waals surface area contributed by atoms with Crippen LogP contribution >= 0.6 is 11.8 Å². The quantitative estimate of drug-likeness (QED) is 0.777. The minimum Gasteiger partial charge on any atom is -0.325 e. The predicted octanol–water partition coefficient (Wildman–Crippen LogP) is 3.17. The molecule has 0 unspecified atom stereocenters. The third kappa shape index (κ3) is 5.03. The zero-order valence-electron chi connectivity index (χ0n) is 14.2. The minimum atomic E-state index is -0.0911. The Balaban J connectivity index is 1.49. The first-order chi connectivity index (χ1) is 12.0. The highest BCUT2D eigenvalue weighted by molar-refractivity contribution is 7.99. The molecule has 7 heteroatoms. The number of hydrogen-bond donors (Lipinski definition) is 2. The number of amides is 2. The first-order valence-electron chi connectivity index (χ1n) is 8.16. The van der Waals surface area contributed by atoms with Crippen molar-refractivity contribution in [3.63, 3.8) is 0 Å². The molecule has 1 aliphatic carbocycles. The fraction of sp³-hybridized carbons (Fsp3) is 0.333.